The molecule has 6 heteroatoms. The third kappa shape index (κ3) is 3.40. The van der Waals surface area contributed by atoms with Gasteiger partial charge in [0.25, 0.3) is 0 Å². The van der Waals surface area contributed by atoms with Crippen LogP contribution in [0.4, 0.5) is 5.82 Å². The molecule has 0 unspecified atom stereocenters. The highest BCUT2D eigenvalue weighted by Gasteiger charge is 2.41. The number of pyridine rings is 1. The standard InChI is InChI=1S/C22H26ClN3O2/c1-22(12-28-13-22)26-6-4-14(5-7-26)18-8-16-10-20(25-21(27)15-2-3-15)24-11-17(16)9-19(18)23/h8-11,14-15H,2-7,12-13H2,1H3,(H,24,25,27). The Morgan fingerprint density at radius 2 is 1.93 bits per heavy atom. The van der Waals surface area contributed by atoms with Crippen LogP contribution in [0.3, 0.4) is 0 Å². The van der Waals surface area contributed by atoms with Gasteiger partial charge in [-0.1, -0.05) is 11.6 Å². The molecule has 2 aliphatic heterocycles. The number of rotatable bonds is 4. The zero-order valence-electron chi connectivity index (χ0n) is 16.2. The van der Waals surface area contributed by atoms with Crippen LogP contribution in [-0.2, 0) is 9.53 Å². The van der Waals surface area contributed by atoms with Gasteiger partial charge in [-0.15, -0.1) is 0 Å². The lowest BCUT2D eigenvalue weighted by Crippen LogP contribution is -2.61. The Balaban J connectivity index is 1.35. The Morgan fingerprint density at radius 1 is 1.18 bits per heavy atom. The molecule has 148 valence electrons. The van der Waals surface area contributed by atoms with Gasteiger partial charge in [0.15, 0.2) is 0 Å². The highest BCUT2D eigenvalue weighted by atomic mass is 35.5. The molecule has 1 saturated carbocycles. The average molecular weight is 400 g/mol. The van der Waals surface area contributed by atoms with E-state index in [0.717, 1.165) is 67.8 Å². The minimum absolute atomic E-state index is 0.0851. The fourth-order valence-electron chi connectivity index (χ4n) is 4.45. The van der Waals surface area contributed by atoms with Crippen molar-refractivity contribution in [3.8, 4) is 0 Å². The number of nitrogens with zero attached hydrogens (tertiary/aromatic N) is 2. The van der Waals surface area contributed by atoms with Crippen LogP contribution >= 0.6 is 11.6 Å². The van der Waals surface area contributed by atoms with Crippen molar-refractivity contribution < 1.29 is 9.53 Å². The van der Waals surface area contributed by atoms with Crippen molar-refractivity contribution in [2.24, 2.45) is 5.92 Å². The number of fused-ring (bicyclic) bond motifs is 1. The summed E-state index contributed by atoms with van der Waals surface area (Å²) in [4.78, 5) is 19.0. The number of likely N-dealkylation sites (tertiary alicyclic amines) is 1. The first-order chi connectivity index (χ1) is 13.5. The maximum atomic E-state index is 12.0. The molecule has 0 bridgehead atoms. The van der Waals surface area contributed by atoms with Crippen LogP contribution in [-0.4, -0.2) is 47.6 Å². The fourth-order valence-corrected chi connectivity index (χ4v) is 4.78. The summed E-state index contributed by atoms with van der Waals surface area (Å²) in [7, 11) is 0. The number of carbonyl (C=O) groups excluding carboxylic acids is 1. The van der Waals surface area contributed by atoms with E-state index in [1.54, 1.807) is 6.20 Å². The third-order valence-electron chi connectivity index (χ3n) is 6.56. The maximum Gasteiger partial charge on any atom is 0.228 e. The number of benzene rings is 1. The summed E-state index contributed by atoms with van der Waals surface area (Å²) in [5.74, 6) is 1.36. The topological polar surface area (TPSA) is 54.5 Å². The summed E-state index contributed by atoms with van der Waals surface area (Å²) in [6.45, 7) is 6.15. The molecular formula is C22H26ClN3O2. The highest BCUT2D eigenvalue weighted by molar-refractivity contribution is 6.32. The number of amides is 1. The van der Waals surface area contributed by atoms with E-state index in [0.29, 0.717) is 11.7 Å². The molecule has 3 fully saturated rings. The second-order valence-electron chi connectivity index (χ2n) is 8.81. The van der Waals surface area contributed by atoms with Crippen molar-refractivity contribution in [3.63, 3.8) is 0 Å². The van der Waals surface area contributed by atoms with E-state index in [1.165, 1.54) is 5.56 Å². The van der Waals surface area contributed by atoms with Crippen LogP contribution in [0.2, 0.25) is 5.02 Å². The Morgan fingerprint density at radius 3 is 2.57 bits per heavy atom. The molecule has 1 N–H and O–H groups in total. The molecular weight excluding hydrogens is 374 g/mol. The average Bonchev–Trinajstić information content (AvgIpc) is 3.51. The molecule has 2 aromatic rings. The quantitative estimate of drug-likeness (QED) is 0.836. The van der Waals surface area contributed by atoms with Gasteiger partial charge in [0, 0.05) is 22.5 Å². The molecule has 1 aromatic heterocycles. The largest absolute Gasteiger partial charge is 0.377 e. The van der Waals surface area contributed by atoms with Gasteiger partial charge in [-0.2, -0.15) is 0 Å². The van der Waals surface area contributed by atoms with E-state index >= 15 is 0 Å². The SMILES string of the molecule is CC1(N2CCC(c3cc4cc(NC(=O)C5CC5)ncc4cc3Cl)CC2)COC1. The molecule has 5 rings (SSSR count). The predicted molar refractivity (Wildman–Crippen MR) is 111 cm³/mol. The molecule has 1 amide bonds. The van der Waals surface area contributed by atoms with Crippen molar-refractivity contribution in [2.45, 2.75) is 44.1 Å². The minimum atomic E-state index is 0.0851. The lowest BCUT2D eigenvalue weighted by atomic mass is 9.85. The normalized spacial score (nSPS) is 22.8. The Kier molecular flexibility index (Phi) is 4.57. The summed E-state index contributed by atoms with van der Waals surface area (Å²) < 4.78 is 5.43. The first kappa shape index (κ1) is 18.3. The molecule has 2 saturated heterocycles. The monoisotopic (exact) mass is 399 g/mol. The number of aromatic nitrogens is 1. The first-order valence-corrected chi connectivity index (χ1v) is 10.6. The van der Waals surface area contributed by atoms with Crippen LogP contribution in [0.25, 0.3) is 10.8 Å². The molecule has 3 heterocycles. The highest BCUT2D eigenvalue weighted by Crippen LogP contribution is 2.38. The molecule has 3 aliphatic rings. The van der Waals surface area contributed by atoms with E-state index in [4.69, 9.17) is 16.3 Å². The Labute approximate surface area is 170 Å². The number of nitrogens with one attached hydrogen (secondary N) is 1. The van der Waals surface area contributed by atoms with Crippen LogP contribution < -0.4 is 5.32 Å². The summed E-state index contributed by atoms with van der Waals surface area (Å²) >= 11 is 6.64. The summed E-state index contributed by atoms with van der Waals surface area (Å²) in [5.41, 5.74) is 1.44. The number of anilines is 1. The zero-order chi connectivity index (χ0) is 19.3. The van der Waals surface area contributed by atoms with Crippen LogP contribution in [0.15, 0.2) is 24.4 Å². The molecule has 5 nitrogen and oxygen atoms in total. The predicted octanol–water partition coefficient (Wildman–Crippen LogP) is 4.21. The van der Waals surface area contributed by atoms with E-state index < -0.39 is 0 Å². The van der Waals surface area contributed by atoms with Crippen LogP contribution in [0.1, 0.15) is 44.1 Å². The van der Waals surface area contributed by atoms with Crippen LogP contribution in [0.5, 0.6) is 0 Å². The van der Waals surface area contributed by atoms with Gasteiger partial charge in [0.2, 0.25) is 5.91 Å². The number of hydrogen-bond acceptors (Lipinski definition) is 4. The van der Waals surface area contributed by atoms with Gasteiger partial charge in [-0.25, -0.2) is 4.98 Å². The second kappa shape index (κ2) is 6.97. The Bertz CT molecular complexity index is 915. The molecule has 0 radical (unpaired) electrons. The van der Waals surface area contributed by atoms with E-state index in [2.05, 4.69) is 28.2 Å². The van der Waals surface area contributed by atoms with Crippen LogP contribution in [0, 0.1) is 5.92 Å². The smallest absolute Gasteiger partial charge is 0.228 e. The van der Waals surface area contributed by atoms with Gasteiger partial charge in [0.1, 0.15) is 5.82 Å². The van der Waals surface area contributed by atoms with Gasteiger partial charge < -0.3 is 10.1 Å². The van der Waals surface area contributed by atoms with Crippen molar-refractivity contribution >= 4 is 34.1 Å². The number of carbonyl (C=O) groups is 1. The summed E-state index contributed by atoms with van der Waals surface area (Å²) in [6.07, 6.45) is 5.99. The molecule has 1 aliphatic carbocycles. The number of ether oxygens (including phenoxy) is 1. The fraction of sp³-hybridized carbons (Fsp3) is 0.545. The Hall–Kier alpha value is -1.69. The zero-order valence-corrected chi connectivity index (χ0v) is 17.0. The van der Waals surface area contributed by atoms with Gasteiger partial charge in [-0.05, 0) is 80.8 Å². The van der Waals surface area contributed by atoms with Gasteiger partial charge in [-0.3, -0.25) is 9.69 Å². The second-order valence-corrected chi connectivity index (χ2v) is 9.21. The maximum absolute atomic E-state index is 12.0. The number of hydrogen-bond donors (Lipinski definition) is 1. The van der Waals surface area contributed by atoms with Crippen molar-refractivity contribution in [3.05, 3.63) is 35.0 Å². The van der Waals surface area contributed by atoms with Crippen molar-refractivity contribution in [1.82, 2.24) is 9.88 Å². The van der Waals surface area contributed by atoms with Crippen molar-refractivity contribution in [2.75, 3.05) is 31.6 Å². The lowest BCUT2D eigenvalue weighted by molar-refractivity contribution is -0.136. The summed E-state index contributed by atoms with van der Waals surface area (Å²) in [5, 5.41) is 5.86. The summed E-state index contributed by atoms with van der Waals surface area (Å²) in [6, 6.07) is 6.18. The van der Waals surface area contributed by atoms with Gasteiger partial charge in [0.05, 0.1) is 18.8 Å². The molecule has 28 heavy (non-hydrogen) atoms. The first-order valence-electron chi connectivity index (χ1n) is 10.2. The number of piperidine rings is 1. The van der Waals surface area contributed by atoms with E-state index in [-0.39, 0.29) is 17.4 Å². The molecule has 1 aromatic carbocycles. The van der Waals surface area contributed by atoms with Gasteiger partial charge >= 0.3 is 0 Å². The molecule has 0 atom stereocenters. The number of halogens is 1. The van der Waals surface area contributed by atoms with Crippen molar-refractivity contribution in [1.29, 1.82) is 0 Å². The molecule has 0 spiro atoms. The van der Waals surface area contributed by atoms with E-state index in [1.807, 2.05) is 12.1 Å². The third-order valence-corrected chi connectivity index (χ3v) is 6.89. The van der Waals surface area contributed by atoms with E-state index in [9.17, 15) is 4.79 Å². The lowest BCUT2D eigenvalue weighted by Gasteiger charge is -2.50. The minimum Gasteiger partial charge on any atom is -0.377 e.